The number of halogens is 3. The maximum Gasteiger partial charge on any atom is 0.416 e. The molecular formula is C20H19F3N2O2. The highest BCUT2D eigenvalue weighted by molar-refractivity contribution is 5.94. The standard InChI is InChI=1S/C20H19F3N2O2/c21-20(22,23)17-8-6-16(7-9-17)19(27)24-11-15-10-18(26)25(13-15)12-14-4-2-1-3-5-14/h1-9,15H,10-13H2,(H,24,27). The Bertz CT molecular complexity index is 804. The van der Waals surface area contributed by atoms with Crippen LogP contribution < -0.4 is 5.32 Å². The number of benzene rings is 2. The van der Waals surface area contributed by atoms with Gasteiger partial charge in [-0.3, -0.25) is 9.59 Å². The van der Waals surface area contributed by atoms with Crippen molar-refractivity contribution < 1.29 is 22.8 Å². The number of likely N-dealkylation sites (tertiary alicyclic amines) is 1. The molecule has 7 heteroatoms. The molecule has 1 aliphatic heterocycles. The van der Waals surface area contributed by atoms with Crippen LogP contribution in [0.3, 0.4) is 0 Å². The summed E-state index contributed by atoms with van der Waals surface area (Å²) in [5.41, 5.74) is 0.408. The number of hydrogen-bond acceptors (Lipinski definition) is 2. The molecule has 0 radical (unpaired) electrons. The van der Waals surface area contributed by atoms with Crippen molar-refractivity contribution >= 4 is 11.8 Å². The monoisotopic (exact) mass is 376 g/mol. The summed E-state index contributed by atoms with van der Waals surface area (Å²) in [5, 5.41) is 2.70. The fraction of sp³-hybridized carbons (Fsp3) is 0.300. The van der Waals surface area contributed by atoms with Crippen LogP contribution in [0.25, 0.3) is 0 Å². The third-order valence-electron chi connectivity index (χ3n) is 4.54. The van der Waals surface area contributed by atoms with Gasteiger partial charge >= 0.3 is 6.18 Å². The molecule has 2 aromatic carbocycles. The molecule has 0 aliphatic carbocycles. The molecule has 3 rings (SSSR count). The molecule has 0 saturated carbocycles. The topological polar surface area (TPSA) is 49.4 Å². The van der Waals surface area contributed by atoms with Crippen molar-refractivity contribution in [2.24, 2.45) is 5.92 Å². The molecule has 1 saturated heterocycles. The van der Waals surface area contributed by atoms with Crippen LogP contribution in [-0.4, -0.2) is 29.8 Å². The molecule has 0 bridgehead atoms. The van der Waals surface area contributed by atoms with Gasteiger partial charge in [-0.05, 0) is 29.8 Å². The zero-order valence-corrected chi connectivity index (χ0v) is 14.5. The van der Waals surface area contributed by atoms with E-state index in [2.05, 4.69) is 5.32 Å². The van der Waals surface area contributed by atoms with Crippen molar-refractivity contribution in [2.75, 3.05) is 13.1 Å². The van der Waals surface area contributed by atoms with E-state index in [1.807, 2.05) is 30.3 Å². The minimum absolute atomic E-state index is 0.0142. The van der Waals surface area contributed by atoms with Crippen LogP contribution in [0.15, 0.2) is 54.6 Å². The Balaban J connectivity index is 1.51. The minimum Gasteiger partial charge on any atom is -0.352 e. The Morgan fingerprint density at radius 1 is 1.07 bits per heavy atom. The molecule has 27 heavy (non-hydrogen) atoms. The molecule has 1 atom stereocenters. The van der Waals surface area contributed by atoms with E-state index in [4.69, 9.17) is 0 Å². The Hall–Kier alpha value is -2.83. The molecule has 1 unspecified atom stereocenters. The smallest absolute Gasteiger partial charge is 0.352 e. The normalized spacial score (nSPS) is 17.2. The van der Waals surface area contributed by atoms with Gasteiger partial charge in [-0.15, -0.1) is 0 Å². The summed E-state index contributed by atoms with van der Waals surface area (Å²) in [6, 6.07) is 13.7. The summed E-state index contributed by atoms with van der Waals surface area (Å²) in [7, 11) is 0. The molecule has 2 aromatic rings. The summed E-state index contributed by atoms with van der Waals surface area (Å²) in [4.78, 5) is 26.0. The Morgan fingerprint density at radius 2 is 1.74 bits per heavy atom. The third-order valence-corrected chi connectivity index (χ3v) is 4.54. The van der Waals surface area contributed by atoms with Gasteiger partial charge in [0.1, 0.15) is 0 Å². The van der Waals surface area contributed by atoms with Crippen molar-refractivity contribution in [1.82, 2.24) is 10.2 Å². The van der Waals surface area contributed by atoms with E-state index in [1.165, 1.54) is 0 Å². The van der Waals surface area contributed by atoms with Crippen LogP contribution in [0.5, 0.6) is 0 Å². The summed E-state index contributed by atoms with van der Waals surface area (Å²) in [6.45, 7) is 1.38. The van der Waals surface area contributed by atoms with E-state index in [0.717, 1.165) is 29.8 Å². The molecule has 1 N–H and O–H groups in total. The third kappa shape index (κ3) is 4.87. The van der Waals surface area contributed by atoms with Crippen LogP contribution in [0.4, 0.5) is 13.2 Å². The zero-order valence-electron chi connectivity index (χ0n) is 14.5. The average molecular weight is 376 g/mol. The number of alkyl halides is 3. The lowest BCUT2D eigenvalue weighted by Crippen LogP contribution is -2.31. The minimum atomic E-state index is -4.43. The highest BCUT2D eigenvalue weighted by Gasteiger charge is 2.31. The van der Waals surface area contributed by atoms with E-state index in [0.29, 0.717) is 26.1 Å². The first-order valence-electron chi connectivity index (χ1n) is 8.60. The lowest BCUT2D eigenvalue weighted by molar-refractivity contribution is -0.137. The fourth-order valence-electron chi connectivity index (χ4n) is 3.10. The molecule has 1 heterocycles. The first kappa shape index (κ1) is 18.9. The summed E-state index contributed by atoms with van der Waals surface area (Å²) >= 11 is 0. The van der Waals surface area contributed by atoms with Crippen molar-refractivity contribution in [2.45, 2.75) is 19.1 Å². The lowest BCUT2D eigenvalue weighted by atomic mass is 10.1. The van der Waals surface area contributed by atoms with E-state index in [9.17, 15) is 22.8 Å². The molecule has 1 fully saturated rings. The van der Waals surface area contributed by atoms with Crippen molar-refractivity contribution in [3.63, 3.8) is 0 Å². The van der Waals surface area contributed by atoms with Gasteiger partial charge < -0.3 is 10.2 Å². The number of nitrogens with zero attached hydrogens (tertiary/aromatic N) is 1. The maximum atomic E-state index is 12.6. The number of nitrogens with one attached hydrogen (secondary N) is 1. The van der Waals surface area contributed by atoms with Crippen molar-refractivity contribution in [1.29, 1.82) is 0 Å². The lowest BCUT2D eigenvalue weighted by Gasteiger charge is -2.17. The summed E-state index contributed by atoms with van der Waals surface area (Å²) < 4.78 is 37.7. The Labute approximate surface area is 155 Å². The first-order chi connectivity index (χ1) is 12.8. The second-order valence-corrected chi connectivity index (χ2v) is 6.62. The molecule has 0 aromatic heterocycles. The predicted molar refractivity (Wildman–Crippen MR) is 93.7 cm³/mol. The van der Waals surface area contributed by atoms with Crippen molar-refractivity contribution in [3.05, 3.63) is 71.3 Å². The second-order valence-electron chi connectivity index (χ2n) is 6.62. The fourth-order valence-corrected chi connectivity index (χ4v) is 3.10. The van der Waals surface area contributed by atoms with E-state index in [1.54, 1.807) is 4.90 Å². The number of carbonyl (C=O) groups excluding carboxylic acids is 2. The number of carbonyl (C=O) groups is 2. The number of amides is 2. The largest absolute Gasteiger partial charge is 0.416 e. The van der Waals surface area contributed by atoms with Crippen molar-refractivity contribution in [3.8, 4) is 0 Å². The molecule has 4 nitrogen and oxygen atoms in total. The van der Waals surface area contributed by atoms with Crippen LogP contribution in [0, 0.1) is 5.92 Å². The van der Waals surface area contributed by atoms with Gasteiger partial charge in [-0.25, -0.2) is 0 Å². The number of hydrogen-bond donors (Lipinski definition) is 1. The van der Waals surface area contributed by atoms with E-state index in [-0.39, 0.29) is 17.4 Å². The van der Waals surface area contributed by atoms with Crippen LogP contribution in [0.2, 0.25) is 0 Å². The average Bonchev–Trinajstić information content (AvgIpc) is 2.99. The molecule has 142 valence electrons. The van der Waals surface area contributed by atoms with Gasteiger partial charge in [0.25, 0.3) is 5.91 Å². The number of rotatable bonds is 5. The summed E-state index contributed by atoms with van der Waals surface area (Å²) in [5.74, 6) is -0.426. The quantitative estimate of drug-likeness (QED) is 0.869. The van der Waals surface area contributed by atoms with E-state index >= 15 is 0 Å². The Morgan fingerprint density at radius 3 is 2.37 bits per heavy atom. The maximum absolute atomic E-state index is 12.6. The summed E-state index contributed by atoms with van der Waals surface area (Å²) in [6.07, 6.45) is -4.08. The van der Waals surface area contributed by atoms with Gasteiger partial charge in [-0.1, -0.05) is 30.3 Å². The van der Waals surface area contributed by atoms with Crippen LogP contribution in [-0.2, 0) is 17.5 Å². The molecule has 2 amide bonds. The molecule has 1 aliphatic rings. The highest BCUT2D eigenvalue weighted by atomic mass is 19.4. The highest BCUT2D eigenvalue weighted by Crippen LogP contribution is 2.29. The molecule has 0 spiro atoms. The zero-order chi connectivity index (χ0) is 19.4. The van der Waals surface area contributed by atoms with E-state index < -0.39 is 17.6 Å². The second kappa shape index (κ2) is 7.82. The van der Waals surface area contributed by atoms with Crippen LogP contribution in [0.1, 0.15) is 27.9 Å². The van der Waals surface area contributed by atoms with Gasteiger partial charge in [0.2, 0.25) is 5.91 Å². The van der Waals surface area contributed by atoms with Gasteiger partial charge in [0.15, 0.2) is 0 Å². The van der Waals surface area contributed by atoms with Gasteiger partial charge in [0.05, 0.1) is 5.56 Å². The predicted octanol–water partition coefficient (Wildman–Crippen LogP) is 3.48. The SMILES string of the molecule is O=C(NCC1CC(=O)N(Cc2ccccc2)C1)c1ccc(C(F)(F)F)cc1. The van der Waals surface area contributed by atoms with Gasteiger partial charge in [0, 0.05) is 37.5 Å². The Kier molecular flexibility index (Phi) is 5.48. The van der Waals surface area contributed by atoms with Gasteiger partial charge in [-0.2, -0.15) is 13.2 Å². The van der Waals surface area contributed by atoms with Crippen LogP contribution >= 0.6 is 0 Å². The first-order valence-corrected chi connectivity index (χ1v) is 8.60. The molecular weight excluding hydrogens is 357 g/mol.